The van der Waals surface area contributed by atoms with Gasteiger partial charge in [-0.15, -0.1) is 0 Å². The minimum Gasteiger partial charge on any atom is -0.379 e. The van der Waals surface area contributed by atoms with Crippen LogP contribution in [0.3, 0.4) is 0 Å². The standard InChI is InChI=1S/C19H22FNO4S/c1-4-14(2)21(15(3)22)13-16-5-9-18(10-6-16)25-26(23,24)19-11-7-17(20)8-12-19/h5-12,14H,4,13H2,1-3H3/t14-/m1/s1. The molecule has 2 rings (SSSR count). The Morgan fingerprint density at radius 3 is 2.19 bits per heavy atom. The zero-order valence-corrected chi connectivity index (χ0v) is 15.8. The third kappa shape index (κ3) is 5.05. The van der Waals surface area contributed by atoms with Crippen molar-refractivity contribution in [3.63, 3.8) is 0 Å². The van der Waals surface area contributed by atoms with Crippen LogP contribution in [-0.4, -0.2) is 25.3 Å². The van der Waals surface area contributed by atoms with Crippen LogP contribution in [0, 0.1) is 5.82 Å². The lowest BCUT2D eigenvalue weighted by Crippen LogP contribution is -2.36. The van der Waals surface area contributed by atoms with Crippen LogP contribution in [-0.2, 0) is 21.5 Å². The fourth-order valence-corrected chi connectivity index (χ4v) is 3.35. The normalized spacial score (nSPS) is 12.5. The SMILES string of the molecule is CC[C@@H](C)N(Cc1ccc(OS(=O)(=O)c2ccc(F)cc2)cc1)C(C)=O. The molecule has 1 amide bonds. The van der Waals surface area contributed by atoms with Crippen molar-refractivity contribution in [1.82, 2.24) is 4.90 Å². The summed E-state index contributed by atoms with van der Waals surface area (Å²) in [5, 5.41) is 0. The molecule has 0 bridgehead atoms. The highest BCUT2D eigenvalue weighted by Crippen LogP contribution is 2.20. The van der Waals surface area contributed by atoms with Crippen molar-refractivity contribution in [2.45, 2.75) is 44.7 Å². The molecule has 0 saturated carbocycles. The molecular weight excluding hydrogens is 357 g/mol. The van der Waals surface area contributed by atoms with Crippen molar-refractivity contribution >= 4 is 16.0 Å². The Labute approximate surface area is 153 Å². The average Bonchev–Trinajstić information content (AvgIpc) is 2.60. The Morgan fingerprint density at radius 1 is 1.12 bits per heavy atom. The summed E-state index contributed by atoms with van der Waals surface area (Å²) < 4.78 is 42.4. The lowest BCUT2D eigenvalue weighted by molar-refractivity contribution is -0.131. The molecule has 0 aliphatic heterocycles. The van der Waals surface area contributed by atoms with Crippen LogP contribution in [0.1, 0.15) is 32.8 Å². The third-order valence-corrected chi connectivity index (χ3v) is 5.37. The Hall–Kier alpha value is -2.41. The van der Waals surface area contributed by atoms with E-state index in [0.717, 1.165) is 36.2 Å². The molecule has 5 nitrogen and oxygen atoms in total. The van der Waals surface area contributed by atoms with E-state index in [1.807, 2.05) is 13.8 Å². The van der Waals surface area contributed by atoms with Gasteiger partial charge in [0.25, 0.3) is 0 Å². The van der Waals surface area contributed by atoms with Crippen LogP contribution in [0.2, 0.25) is 0 Å². The van der Waals surface area contributed by atoms with Crippen molar-refractivity contribution < 1.29 is 21.8 Å². The van der Waals surface area contributed by atoms with E-state index in [-0.39, 0.29) is 22.6 Å². The second-order valence-electron chi connectivity index (χ2n) is 6.04. The van der Waals surface area contributed by atoms with E-state index in [1.54, 1.807) is 17.0 Å². The molecule has 0 radical (unpaired) electrons. The molecule has 140 valence electrons. The first-order valence-corrected chi connectivity index (χ1v) is 9.70. The van der Waals surface area contributed by atoms with Crippen molar-refractivity contribution in [1.29, 1.82) is 0 Å². The first kappa shape index (κ1) is 19.9. The number of carbonyl (C=O) groups is 1. The molecule has 1 atom stereocenters. The van der Waals surface area contributed by atoms with Crippen LogP contribution in [0.15, 0.2) is 53.4 Å². The highest BCUT2D eigenvalue weighted by molar-refractivity contribution is 7.87. The van der Waals surface area contributed by atoms with Gasteiger partial charge in [0.1, 0.15) is 16.5 Å². The molecule has 0 unspecified atom stereocenters. The molecule has 26 heavy (non-hydrogen) atoms. The molecule has 2 aromatic carbocycles. The Morgan fingerprint density at radius 2 is 1.69 bits per heavy atom. The number of carbonyl (C=O) groups excluding carboxylic acids is 1. The molecular formula is C19H22FNO4S. The van der Waals surface area contributed by atoms with E-state index < -0.39 is 15.9 Å². The molecule has 0 fully saturated rings. The first-order valence-electron chi connectivity index (χ1n) is 8.29. The second kappa shape index (κ2) is 8.31. The van der Waals surface area contributed by atoms with Gasteiger partial charge in [-0.1, -0.05) is 19.1 Å². The van der Waals surface area contributed by atoms with Crippen LogP contribution in [0.5, 0.6) is 5.75 Å². The van der Waals surface area contributed by atoms with Crippen LogP contribution in [0.25, 0.3) is 0 Å². The minimum absolute atomic E-state index is 0.0152. The van der Waals surface area contributed by atoms with E-state index in [9.17, 15) is 17.6 Å². The smallest absolute Gasteiger partial charge is 0.339 e. The zero-order chi connectivity index (χ0) is 19.3. The van der Waals surface area contributed by atoms with E-state index >= 15 is 0 Å². The summed E-state index contributed by atoms with van der Waals surface area (Å²) in [5.41, 5.74) is 0.868. The van der Waals surface area contributed by atoms with Crippen molar-refractivity contribution in [2.24, 2.45) is 0 Å². The molecule has 0 N–H and O–H groups in total. The molecule has 0 aliphatic rings. The number of halogens is 1. The lowest BCUT2D eigenvalue weighted by Gasteiger charge is -2.27. The summed E-state index contributed by atoms with van der Waals surface area (Å²) in [5.74, 6) is -0.390. The van der Waals surface area contributed by atoms with Gasteiger partial charge in [0.2, 0.25) is 5.91 Å². The lowest BCUT2D eigenvalue weighted by atomic mass is 10.1. The minimum atomic E-state index is -4.03. The van der Waals surface area contributed by atoms with Gasteiger partial charge in [-0.05, 0) is 55.3 Å². The number of hydrogen-bond donors (Lipinski definition) is 0. The van der Waals surface area contributed by atoms with Crippen LogP contribution >= 0.6 is 0 Å². The second-order valence-corrected chi connectivity index (χ2v) is 7.59. The highest BCUT2D eigenvalue weighted by atomic mass is 32.2. The summed E-state index contributed by atoms with van der Waals surface area (Å²) in [6.07, 6.45) is 0.844. The fourth-order valence-electron chi connectivity index (χ4n) is 2.42. The van der Waals surface area contributed by atoms with E-state index in [2.05, 4.69) is 0 Å². The largest absolute Gasteiger partial charge is 0.379 e. The average molecular weight is 379 g/mol. The van der Waals surface area contributed by atoms with E-state index in [1.165, 1.54) is 19.1 Å². The van der Waals surface area contributed by atoms with Gasteiger partial charge < -0.3 is 9.08 Å². The van der Waals surface area contributed by atoms with Crippen molar-refractivity contribution in [3.8, 4) is 5.75 Å². The number of nitrogens with zero attached hydrogens (tertiary/aromatic N) is 1. The molecule has 2 aromatic rings. The van der Waals surface area contributed by atoms with E-state index in [4.69, 9.17) is 4.18 Å². The van der Waals surface area contributed by atoms with Crippen LogP contribution in [0.4, 0.5) is 4.39 Å². The molecule has 0 aromatic heterocycles. The Balaban J connectivity index is 2.11. The van der Waals surface area contributed by atoms with Crippen molar-refractivity contribution in [2.75, 3.05) is 0 Å². The van der Waals surface area contributed by atoms with Crippen molar-refractivity contribution in [3.05, 3.63) is 59.9 Å². The Bertz CT molecular complexity index is 848. The summed E-state index contributed by atoms with van der Waals surface area (Å²) in [4.78, 5) is 13.4. The van der Waals surface area contributed by atoms with Gasteiger partial charge in [-0.2, -0.15) is 8.42 Å². The third-order valence-electron chi connectivity index (χ3n) is 4.11. The highest BCUT2D eigenvalue weighted by Gasteiger charge is 2.18. The monoisotopic (exact) mass is 379 g/mol. The first-order chi connectivity index (χ1) is 12.2. The number of rotatable bonds is 7. The number of hydrogen-bond acceptors (Lipinski definition) is 4. The molecule has 0 aliphatic carbocycles. The number of benzene rings is 2. The predicted octanol–water partition coefficient (Wildman–Crippen LogP) is 3.74. The summed E-state index contributed by atoms with van der Waals surface area (Å²) in [6.45, 7) is 5.96. The maximum absolute atomic E-state index is 12.9. The number of amides is 1. The predicted molar refractivity (Wildman–Crippen MR) is 96.6 cm³/mol. The van der Waals surface area contributed by atoms with Gasteiger partial charge in [0.05, 0.1) is 0 Å². The molecule has 0 saturated heterocycles. The maximum Gasteiger partial charge on any atom is 0.339 e. The van der Waals surface area contributed by atoms with Gasteiger partial charge in [0.15, 0.2) is 0 Å². The summed E-state index contributed by atoms with van der Waals surface area (Å²) >= 11 is 0. The molecule has 0 heterocycles. The van der Waals surface area contributed by atoms with Gasteiger partial charge in [0, 0.05) is 19.5 Å². The van der Waals surface area contributed by atoms with Gasteiger partial charge in [-0.25, -0.2) is 4.39 Å². The fraction of sp³-hybridized carbons (Fsp3) is 0.316. The summed E-state index contributed by atoms with van der Waals surface area (Å²) in [7, 11) is -4.03. The summed E-state index contributed by atoms with van der Waals surface area (Å²) in [6, 6.07) is 11.0. The quantitative estimate of drug-likeness (QED) is 0.688. The zero-order valence-electron chi connectivity index (χ0n) is 15.0. The molecule has 7 heteroatoms. The topological polar surface area (TPSA) is 63.7 Å². The molecule has 0 spiro atoms. The van der Waals surface area contributed by atoms with E-state index in [0.29, 0.717) is 6.54 Å². The van der Waals surface area contributed by atoms with Gasteiger partial charge >= 0.3 is 10.1 Å². The Kier molecular flexibility index (Phi) is 6.37. The van der Waals surface area contributed by atoms with Crippen LogP contribution < -0.4 is 4.18 Å². The van der Waals surface area contributed by atoms with Gasteiger partial charge in [-0.3, -0.25) is 4.79 Å². The maximum atomic E-state index is 12.9.